The fourth-order valence-electron chi connectivity index (χ4n) is 8.08. The number of rotatable bonds is 6. The molecule has 9 nitrogen and oxygen atoms in total. The number of likely N-dealkylation sites (tertiary alicyclic amines) is 1. The van der Waals surface area contributed by atoms with Gasteiger partial charge in [0.05, 0.1) is 28.2 Å². The Hall–Kier alpha value is -4.51. The number of carboxylic acids is 1. The van der Waals surface area contributed by atoms with Gasteiger partial charge in [0.15, 0.2) is 0 Å². The van der Waals surface area contributed by atoms with Gasteiger partial charge in [-0.3, -0.25) is 9.69 Å². The van der Waals surface area contributed by atoms with Crippen molar-refractivity contribution in [1.29, 1.82) is 0 Å². The number of carbonyl (C=O) groups is 2. The fraction of sp³-hybridized carbons (Fsp3) is 0.278. The first-order valence-electron chi connectivity index (χ1n) is 15.4. The van der Waals surface area contributed by atoms with Gasteiger partial charge in [0.1, 0.15) is 33.9 Å². The third-order valence-corrected chi connectivity index (χ3v) is 10.3. The van der Waals surface area contributed by atoms with E-state index in [2.05, 4.69) is 19.8 Å². The predicted molar refractivity (Wildman–Crippen MR) is 181 cm³/mol. The molecule has 0 unspecified atom stereocenters. The number of hydrogen-bond donors (Lipinski definition) is 2. The van der Waals surface area contributed by atoms with Crippen molar-refractivity contribution in [2.45, 2.75) is 57.3 Å². The predicted octanol–water partition coefficient (Wildman–Crippen LogP) is 7.61. The van der Waals surface area contributed by atoms with Crippen LogP contribution in [0, 0.1) is 5.82 Å². The van der Waals surface area contributed by atoms with Crippen LogP contribution in [0.4, 0.5) is 10.2 Å². The number of pyridine rings is 1. The molecule has 0 bridgehead atoms. The normalized spacial score (nSPS) is 22.6. The smallest absolute Gasteiger partial charge is 0.335 e. The van der Waals surface area contributed by atoms with E-state index in [4.69, 9.17) is 32.9 Å². The van der Waals surface area contributed by atoms with Crippen LogP contribution in [0.3, 0.4) is 0 Å². The van der Waals surface area contributed by atoms with Gasteiger partial charge in [0, 0.05) is 36.5 Å². The summed E-state index contributed by atoms with van der Waals surface area (Å²) < 4.78 is 24.3. The van der Waals surface area contributed by atoms with Crippen molar-refractivity contribution >= 4 is 51.9 Å². The third kappa shape index (κ3) is 4.61. The first-order valence-corrected chi connectivity index (χ1v) is 16.1. The lowest BCUT2D eigenvalue weighted by Gasteiger charge is -2.39. The van der Waals surface area contributed by atoms with Gasteiger partial charge in [0.2, 0.25) is 0 Å². The number of carboxylic acid groups (broad SMARTS) is 1. The number of aryl methyl sites for hydroxylation is 1. The van der Waals surface area contributed by atoms with Crippen LogP contribution < -0.4 is 10.1 Å². The highest BCUT2D eigenvalue weighted by atomic mass is 35.5. The number of amides is 1. The van der Waals surface area contributed by atoms with E-state index in [0.29, 0.717) is 54.6 Å². The number of fused-ring (bicyclic) bond motifs is 7. The highest BCUT2D eigenvalue weighted by Gasteiger charge is 2.69. The first kappa shape index (κ1) is 32.1. The van der Waals surface area contributed by atoms with E-state index in [9.17, 15) is 14.7 Å². The Morgan fingerprint density at radius 2 is 1.92 bits per heavy atom. The third-order valence-electron chi connectivity index (χ3n) is 9.78. The standard InChI is InChI=1S/C35H28Cl2FN5O4.CH4/c1-2-47-20-6-3-5-18(15-20)17-43-26-13-14-42-25-11-9-19(33(44)45)16-24(25)39-32(42)28(26)29(21-7-4-8-23(36)30(21)38)35(43)22-10-12-27(37)40-31(22)41-34(35)46;/h3-12,15-16,26,28-29H,2,13-14,17H2,1H3,(H,44,45)(H,40,41,46);1H4/t26-,28+,29-,35+;/m0./s1. The minimum absolute atomic E-state index is 0. The number of carbonyl (C=O) groups excluding carboxylic acids is 1. The van der Waals surface area contributed by atoms with Crippen LogP contribution in [0.15, 0.2) is 72.8 Å². The molecule has 12 heteroatoms. The lowest BCUT2D eigenvalue weighted by molar-refractivity contribution is -0.128. The van der Waals surface area contributed by atoms with E-state index in [0.717, 1.165) is 11.1 Å². The van der Waals surface area contributed by atoms with Crippen molar-refractivity contribution in [3.05, 3.63) is 117 Å². The number of halogens is 3. The van der Waals surface area contributed by atoms with Crippen LogP contribution in [0.25, 0.3) is 11.0 Å². The maximum Gasteiger partial charge on any atom is 0.335 e. The quantitative estimate of drug-likeness (QED) is 0.177. The van der Waals surface area contributed by atoms with Gasteiger partial charge in [-0.15, -0.1) is 0 Å². The molecular weight excluding hydrogens is 656 g/mol. The molecule has 0 aliphatic carbocycles. The van der Waals surface area contributed by atoms with Crippen LogP contribution in [-0.2, 0) is 23.4 Å². The van der Waals surface area contributed by atoms with Crippen LogP contribution in [-0.4, -0.2) is 49.1 Å². The van der Waals surface area contributed by atoms with Crippen molar-refractivity contribution in [2.75, 3.05) is 11.9 Å². The summed E-state index contributed by atoms with van der Waals surface area (Å²) in [5.41, 5.74) is 1.75. The second-order valence-corrected chi connectivity index (χ2v) is 12.9. The van der Waals surface area contributed by atoms with Crippen molar-refractivity contribution in [3.63, 3.8) is 0 Å². The van der Waals surface area contributed by atoms with Gasteiger partial charge in [0.25, 0.3) is 5.91 Å². The molecule has 1 amide bonds. The molecule has 2 aromatic heterocycles. The number of aromatic carboxylic acids is 1. The lowest BCUT2D eigenvalue weighted by atomic mass is 9.70. The number of hydrogen-bond acceptors (Lipinski definition) is 6. The molecule has 5 heterocycles. The summed E-state index contributed by atoms with van der Waals surface area (Å²) in [5.74, 6) is -1.64. The van der Waals surface area contributed by atoms with Crippen LogP contribution >= 0.6 is 23.2 Å². The summed E-state index contributed by atoms with van der Waals surface area (Å²) in [6.45, 7) is 3.31. The lowest BCUT2D eigenvalue weighted by Crippen LogP contribution is -2.51. The number of nitrogens with one attached hydrogen (secondary N) is 1. The molecule has 0 radical (unpaired) electrons. The Kier molecular flexibility index (Phi) is 7.93. The molecule has 246 valence electrons. The fourth-order valence-corrected chi connectivity index (χ4v) is 8.41. The Morgan fingerprint density at radius 1 is 1.10 bits per heavy atom. The van der Waals surface area contributed by atoms with Gasteiger partial charge in [-0.2, -0.15) is 0 Å². The van der Waals surface area contributed by atoms with E-state index in [1.165, 1.54) is 6.07 Å². The largest absolute Gasteiger partial charge is 0.494 e. The van der Waals surface area contributed by atoms with Crippen LogP contribution in [0.2, 0.25) is 10.2 Å². The van der Waals surface area contributed by atoms with E-state index in [-0.39, 0.29) is 40.7 Å². The van der Waals surface area contributed by atoms with E-state index < -0.39 is 29.2 Å². The number of aromatic nitrogens is 3. The van der Waals surface area contributed by atoms with Crippen molar-refractivity contribution < 1.29 is 23.8 Å². The second-order valence-electron chi connectivity index (χ2n) is 12.1. The molecule has 1 fully saturated rings. The zero-order valence-electron chi connectivity index (χ0n) is 25.1. The summed E-state index contributed by atoms with van der Waals surface area (Å²) in [6, 6.07) is 20.6. The van der Waals surface area contributed by atoms with Gasteiger partial charge >= 0.3 is 5.97 Å². The summed E-state index contributed by atoms with van der Waals surface area (Å²) in [6.07, 6.45) is 0.610. The number of benzene rings is 3. The van der Waals surface area contributed by atoms with Crippen LogP contribution in [0.1, 0.15) is 65.5 Å². The minimum atomic E-state index is -1.44. The molecular formula is C36H32Cl2FN5O4. The molecule has 5 aromatic rings. The monoisotopic (exact) mass is 687 g/mol. The SMILES string of the molecule is C.CCOc1cccc(CN2[C@H]3CCn4c(nc5cc(C(=O)O)ccc54)[C@H]3[C@H](c3cccc(Cl)c3F)[C@]23C(=O)Nc2nc(Cl)ccc23)c1. The van der Waals surface area contributed by atoms with Gasteiger partial charge in [-0.1, -0.05) is 54.9 Å². The molecule has 1 saturated heterocycles. The van der Waals surface area contributed by atoms with E-state index in [1.54, 1.807) is 42.5 Å². The Labute approximate surface area is 286 Å². The van der Waals surface area contributed by atoms with Crippen molar-refractivity contribution in [1.82, 2.24) is 19.4 Å². The molecule has 1 spiro atoms. The molecule has 2 N–H and O–H groups in total. The molecule has 48 heavy (non-hydrogen) atoms. The van der Waals surface area contributed by atoms with E-state index in [1.807, 2.05) is 31.2 Å². The van der Waals surface area contributed by atoms with Gasteiger partial charge < -0.3 is 19.7 Å². The molecule has 8 rings (SSSR count). The highest BCUT2D eigenvalue weighted by molar-refractivity contribution is 6.31. The average Bonchev–Trinajstić information content (AvgIpc) is 3.66. The zero-order chi connectivity index (χ0) is 32.6. The number of nitrogens with zero attached hydrogens (tertiary/aromatic N) is 4. The minimum Gasteiger partial charge on any atom is -0.494 e. The Morgan fingerprint density at radius 3 is 2.71 bits per heavy atom. The van der Waals surface area contributed by atoms with Gasteiger partial charge in [-0.25, -0.2) is 19.2 Å². The molecule has 3 aliphatic heterocycles. The maximum absolute atomic E-state index is 16.4. The molecule has 3 aliphatic rings. The summed E-state index contributed by atoms with van der Waals surface area (Å²) in [7, 11) is 0. The summed E-state index contributed by atoms with van der Waals surface area (Å²) >= 11 is 12.8. The molecule has 4 atom stereocenters. The average molecular weight is 689 g/mol. The maximum atomic E-state index is 16.4. The Balaban J connectivity index is 0.00000364. The first-order chi connectivity index (χ1) is 22.7. The summed E-state index contributed by atoms with van der Waals surface area (Å²) in [4.78, 5) is 38.3. The second kappa shape index (κ2) is 11.9. The van der Waals surface area contributed by atoms with Crippen molar-refractivity contribution in [3.8, 4) is 5.75 Å². The topological polar surface area (TPSA) is 110 Å². The number of anilines is 1. The number of ether oxygens (including phenoxy) is 1. The van der Waals surface area contributed by atoms with Crippen molar-refractivity contribution in [2.24, 2.45) is 0 Å². The molecule has 3 aromatic carbocycles. The zero-order valence-corrected chi connectivity index (χ0v) is 26.6. The van der Waals surface area contributed by atoms with Gasteiger partial charge in [-0.05, 0) is 73.0 Å². The van der Waals surface area contributed by atoms with Crippen LogP contribution in [0.5, 0.6) is 5.75 Å². The highest BCUT2D eigenvalue weighted by Crippen LogP contribution is 2.64. The molecule has 0 saturated carbocycles. The Bertz CT molecular complexity index is 2120. The number of imidazole rings is 1. The van der Waals surface area contributed by atoms with E-state index >= 15 is 4.39 Å². The summed E-state index contributed by atoms with van der Waals surface area (Å²) in [5, 5.41) is 12.8.